The van der Waals surface area contributed by atoms with Crippen LogP contribution in [-0.4, -0.2) is 49.0 Å². The zero-order chi connectivity index (χ0) is 21.8. The fourth-order valence-corrected chi connectivity index (χ4v) is 3.81. The van der Waals surface area contributed by atoms with E-state index in [1.54, 1.807) is 18.2 Å². The normalized spacial score (nSPS) is 13.7. The van der Waals surface area contributed by atoms with E-state index in [2.05, 4.69) is 10.3 Å². The number of carbonyl (C=O) groups is 2. The molecular weight excluding hydrogens is 394 g/mol. The van der Waals surface area contributed by atoms with Crippen molar-refractivity contribution in [3.63, 3.8) is 0 Å². The van der Waals surface area contributed by atoms with E-state index in [9.17, 15) is 9.59 Å². The molecule has 1 N–H and O–H groups in total. The number of piperidine rings is 1. The van der Waals surface area contributed by atoms with E-state index in [-0.39, 0.29) is 11.6 Å². The number of hydrogen-bond donors (Lipinski definition) is 1. The van der Waals surface area contributed by atoms with Crippen LogP contribution in [0.4, 0.5) is 5.69 Å². The van der Waals surface area contributed by atoms with Gasteiger partial charge in [-0.25, -0.2) is 4.98 Å². The summed E-state index contributed by atoms with van der Waals surface area (Å²) >= 11 is 0. The van der Waals surface area contributed by atoms with E-state index in [1.807, 2.05) is 35.2 Å². The molecule has 31 heavy (non-hydrogen) atoms. The quantitative estimate of drug-likeness (QED) is 0.673. The van der Waals surface area contributed by atoms with Crippen LogP contribution in [0.1, 0.15) is 40.1 Å². The first-order chi connectivity index (χ1) is 15.1. The molecule has 2 heterocycles. The lowest BCUT2D eigenvalue weighted by molar-refractivity contribution is 0.0725. The van der Waals surface area contributed by atoms with Crippen LogP contribution in [-0.2, 0) is 0 Å². The molecule has 2 amide bonds. The molecule has 0 spiro atoms. The monoisotopic (exact) mass is 419 g/mol. The first-order valence-electron chi connectivity index (χ1n) is 10.3. The average molecular weight is 419 g/mol. The van der Waals surface area contributed by atoms with Crippen molar-refractivity contribution in [1.82, 2.24) is 9.88 Å². The average Bonchev–Trinajstić information content (AvgIpc) is 2.83. The summed E-state index contributed by atoms with van der Waals surface area (Å²) in [4.78, 5) is 32.5. The van der Waals surface area contributed by atoms with Crippen molar-refractivity contribution in [2.45, 2.75) is 19.3 Å². The van der Waals surface area contributed by atoms with Gasteiger partial charge in [-0.2, -0.15) is 0 Å². The molecule has 1 fully saturated rings. The molecule has 7 heteroatoms. The summed E-state index contributed by atoms with van der Waals surface area (Å²) < 4.78 is 10.8. The molecule has 0 radical (unpaired) electrons. The van der Waals surface area contributed by atoms with Gasteiger partial charge in [0, 0.05) is 24.5 Å². The molecule has 0 saturated carbocycles. The maximum atomic E-state index is 13.2. The molecule has 3 aromatic rings. The van der Waals surface area contributed by atoms with Crippen LogP contribution in [0.2, 0.25) is 0 Å². The number of methoxy groups -OCH3 is 2. The molecule has 0 atom stereocenters. The Bertz CT molecular complexity index is 1120. The molecule has 4 rings (SSSR count). The highest BCUT2D eigenvalue weighted by Gasteiger charge is 2.24. The van der Waals surface area contributed by atoms with Crippen LogP contribution in [0.25, 0.3) is 10.9 Å². The number of rotatable bonds is 5. The molecule has 2 aromatic carbocycles. The SMILES string of the molecule is COc1cc(NC(=O)c2ccc3ccccc3n2)c(C(=O)N2CCCCC2)cc1OC. The lowest BCUT2D eigenvalue weighted by atomic mass is 10.1. The van der Waals surface area contributed by atoms with Gasteiger partial charge >= 0.3 is 0 Å². The molecular formula is C24H25N3O4. The summed E-state index contributed by atoms with van der Waals surface area (Å²) in [6, 6.07) is 14.4. The van der Waals surface area contributed by atoms with Gasteiger partial charge in [-0.05, 0) is 37.5 Å². The number of aromatic nitrogens is 1. The van der Waals surface area contributed by atoms with Crippen LogP contribution in [0.3, 0.4) is 0 Å². The van der Waals surface area contributed by atoms with Gasteiger partial charge in [0.1, 0.15) is 5.69 Å². The molecule has 1 aliphatic heterocycles. The summed E-state index contributed by atoms with van der Waals surface area (Å²) in [5, 5.41) is 3.80. The van der Waals surface area contributed by atoms with Gasteiger partial charge < -0.3 is 19.7 Å². The third-order valence-electron chi connectivity index (χ3n) is 5.48. The number of nitrogens with one attached hydrogen (secondary N) is 1. The predicted molar refractivity (Wildman–Crippen MR) is 119 cm³/mol. The van der Waals surface area contributed by atoms with Gasteiger partial charge in [0.15, 0.2) is 11.5 Å². The number of benzene rings is 2. The topological polar surface area (TPSA) is 80.8 Å². The van der Waals surface area contributed by atoms with Gasteiger partial charge in [0.2, 0.25) is 0 Å². The third kappa shape index (κ3) is 4.30. The number of amides is 2. The number of hydrogen-bond acceptors (Lipinski definition) is 5. The highest BCUT2D eigenvalue weighted by molar-refractivity contribution is 6.09. The fraction of sp³-hybridized carbons (Fsp3) is 0.292. The van der Waals surface area contributed by atoms with Crippen molar-refractivity contribution in [3.05, 3.63) is 59.8 Å². The second kappa shape index (κ2) is 9.04. The molecule has 0 unspecified atom stereocenters. The van der Waals surface area contributed by atoms with E-state index in [0.717, 1.165) is 30.2 Å². The lowest BCUT2D eigenvalue weighted by Crippen LogP contribution is -2.36. The molecule has 0 bridgehead atoms. The highest BCUT2D eigenvalue weighted by atomic mass is 16.5. The number of fused-ring (bicyclic) bond motifs is 1. The second-order valence-electron chi connectivity index (χ2n) is 7.45. The predicted octanol–water partition coefficient (Wildman–Crippen LogP) is 4.13. The van der Waals surface area contributed by atoms with Gasteiger partial charge in [0.05, 0.1) is 31.0 Å². The Morgan fingerprint density at radius 1 is 0.935 bits per heavy atom. The summed E-state index contributed by atoms with van der Waals surface area (Å²) in [5.41, 5.74) is 1.74. The third-order valence-corrected chi connectivity index (χ3v) is 5.48. The summed E-state index contributed by atoms with van der Waals surface area (Å²) in [6.45, 7) is 1.40. The second-order valence-corrected chi connectivity index (χ2v) is 7.45. The van der Waals surface area contributed by atoms with E-state index in [1.165, 1.54) is 14.2 Å². The van der Waals surface area contributed by atoms with Gasteiger partial charge in [-0.1, -0.05) is 24.3 Å². The fourth-order valence-electron chi connectivity index (χ4n) is 3.81. The maximum absolute atomic E-state index is 13.2. The summed E-state index contributed by atoms with van der Waals surface area (Å²) in [7, 11) is 3.03. The smallest absolute Gasteiger partial charge is 0.274 e. The molecule has 160 valence electrons. The van der Waals surface area contributed by atoms with E-state index in [0.29, 0.717) is 35.8 Å². The summed E-state index contributed by atoms with van der Waals surface area (Å²) in [5.74, 6) is 0.331. The van der Waals surface area contributed by atoms with Crippen LogP contribution in [0.5, 0.6) is 11.5 Å². The van der Waals surface area contributed by atoms with Gasteiger partial charge in [0.25, 0.3) is 11.8 Å². The molecule has 1 saturated heterocycles. The minimum Gasteiger partial charge on any atom is -0.493 e. The Morgan fingerprint density at radius 2 is 1.65 bits per heavy atom. The van der Waals surface area contributed by atoms with Crippen molar-refractivity contribution in [2.24, 2.45) is 0 Å². The van der Waals surface area contributed by atoms with Crippen molar-refractivity contribution < 1.29 is 19.1 Å². The Morgan fingerprint density at radius 3 is 2.39 bits per heavy atom. The van der Waals surface area contributed by atoms with Crippen LogP contribution >= 0.6 is 0 Å². The maximum Gasteiger partial charge on any atom is 0.274 e. The zero-order valence-electron chi connectivity index (χ0n) is 17.7. The number of ether oxygens (including phenoxy) is 2. The first-order valence-corrected chi connectivity index (χ1v) is 10.3. The molecule has 1 aromatic heterocycles. The van der Waals surface area contributed by atoms with Crippen molar-refractivity contribution in [2.75, 3.05) is 32.6 Å². The Hall–Kier alpha value is -3.61. The van der Waals surface area contributed by atoms with Crippen molar-refractivity contribution >= 4 is 28.4 Å². The van der Waals surface area contributed by atoms with Crippen LogP contribution in [0, 0.1) is 0 Å². The standard InChI is InChI=1S/C24H25N3O4/c1-30-21-14-17(24(29)27-12-6-3-7-13-27)20(15-22(21)31-2)26-23(28)19-11-10-16-8-4-5-9-18(16)25-19/h4-5,8-11,14-15H,3,6-7,12-13H2,1-2H3,(H,26,28). The van der Waals surface area contributed by atoms with Crippen molar-refractivity contribution in [3.8, 4) is 11.5 Å². The van der Waals surface area contributed by atoms with Gasteiger partial charge in [-0.15, -0.1) is 0 Å². The molecule has 0 aliphatic carbocycles. The number of para-hydroxylation sites is 1. The zero-order valence-corrected chi connectivity index (χ0v) is 17.7. The minimum atomic E-state index is -0.398. The Kier molecular flexibility index (Phi) is 6.02. The number of likely N-dealkylation sites (tertiary alicyclic amines) is 1. The first kappa shape index (κ1) is 20.7. The number of nitrogens with zero attached hydrogens (tertiary/aromatic N) is 2. The van der Waals surface area contributed by atoms with E-state index in [4.69, 9.17) is 9.47 Å². The van der Waals surface area contributed by atoms with Crippen LogP contribution in [0.15, 0.2) is 48.5 Å². The number of pyridine rings is 1. The Labute approximate surface area is 181 Å². The van der Waals surface area contributed by atoms with Crippen LogP contribution < -0.4 is 14.8 Å². The number of anilines is 1. The van der Waals surface area contributed by atoms with E-state index >= 15 is 0 Å². The Balaban J connectivity index is 1.69. The number of carbonyl (C=O) groups excluding carboxylic acids is 2. The summed E-state index contributed by atoms with van der Waals surface area (Å²) in [6.07, 6.45) is 3.07. The minimum absolute atomic E-state index is 0.137. The largest absolute Gasteiger partial charge is 0.493 e. The van der Waals surface area contributed by atoms with E-state index < -0.39 is 5.91 Å². The highest BCUT2D eigenvalue weighted by Crippen LogP contribution is 2.34. The van der Waals surface area contributed by atoms with Gasteiger partial charge in [-0.3, -0.25) is 9.59 Å². The van der Waals surface area contributed by atoms with Crippen molar-refractivity contribution in [1.29, 1.82) is 0 Å². The molecule has 1 aliphatic rings. The molecule has 7 nitrogen and oxygen atoms in total. The lowest BCUT2D eigenvalue weighted by Gasteiger charge is -2.28.